The van der Waals surface area contributed by atoms with E-state index in [2.05, 4.69) is 52.5 Å². The first kappa shape index (κ1) is 23.6. The number of rotatable bonds is 10. The highest BCUT2D eigenvalue weighted by Gasteiger charge is 2.28. The van der Waals surface area contributed by atoms with Gasteiger partial charge in [-0.25, -0.2) is 0 Å². The van der Waals surface area contributed by atoms with Crippen LogP contribution >= 0.6 is 0 Å². The largest absolute Gasteiger partial charge is 0.323 e. The average molecular weight is 441 g/mol. The van der Waals surface area contributed by atoms with Crippen LogP contribution in [0.1, 0.15) is 11.1 Å². The molecule has 2 aliphatic heterocycles. The first-order valence-electron chi connectivity index (χ1n) is 10.7. The van der Waals surface area contributed by atoms with Gasteiger partial charge in [-0.05, 0) is 0 Å². The molecule has 1 aromatic rings. The normalized spacial score (nSPS) is 16.8. The SMILES string of the molecule is C[N+](C)(CCN1C(=O)C=CC1=O)Cc1ccc(C[N+](C)(C)CCN2C(=O)C=CC2=O)cc1. The molecule has 1 aromatic carbocycles. The number of imide groups is 2. The van der Waals surface area contributed by atoms with Crippen molar-refractivity contribution in [2.45, 2.75) is 13.1 Å². The second kappa shape index (κ2) is 9.18. The van der Waals surface area contributed by atoms with Crippen LogP contribution in [0.4, 0.5) is 0 Å². The van der Waals surface area contributed by atoms with Gasteiger partial charge >= 0.3 is 0 Å². The van der Waals surface area contributed by atoms with Crippen molar-refractivity contribution in [2.75, 3.05) is 54.4 Å². The number of benzene rings is 1. The van der Waals surface area contributed by atoms with Crippen molar-refractivity contribution < 1.29 is 28.1 Å². The van der Waals surface area contributed by atoms with E-state index in [1.165, 1.54) is 45.2 Å². The molecule has 2 heterocycles. The summed E-state index contributed by atoms with van der Waals surface area (Å²) in [4.78, 5) is 49.5. The molecule has 0 unspecified atom stereocenters. The van der Waals surface area contributed by atoms with Gasteiger partial charge in [-0.1, -0.05) is 24.3 Å². The number of hydrogen-bond acceptors (Lipinski definition) is 4. The molecular formula is C24H32N4O4+2. The summed E-state index contributed by atoms with van der Waals surface area (Å²) in [5.74, 6) is -0.964. The van der Waals surface area contributed by atoms with E-state index in [4.69, 9.17) is 0 Å². The first-order valence-corrected chi connectivity index (χ1v) is 10.7. The molecule has 8 nitrogen and oxygen atoms in total. The summed E-state index contributed by atoms with van der Waals surface area (Å²) in [5.41, 5.74) is 2.36. The summed E-state index contributed by atoms with van der Waals surface area (Å²) in [6.07, 6.45) is 5.27. The summed E-state index contributed by atoms with van der Waals surface area (Å²) in [5, 5.41) is 0. The highest BCUT2D eigenvalue weighted by molar-refractivity contribution is 6.13. The van der Waals surface area contributed by atoms with Crippen LogP contribution in [0.5, 0.6) is 0 Å². The molecule has 0 spiro atoms. The number of hydrogen-bond donors (Lipinski definition) is 0. The number of likely N-dealkylation sites (N-methyl/N-ethyl adjacent to an activating group) is 2. The van der Waals surface area contributed by atoms with Crippen molar-refractivity contribution >= 4 is 23.6 Å². The van der Waals surface area contributed by atoms with Crippen molar-refractivity contribution in [1.29, 1.82) is 0 Å². The van der Waals surface area contributed by atoms with Crippen LogP contribution in [0, 0.1) is 0 Å². The van der Waals surface area contributed by atoms with Crippen molar-refractivity contribution in [3.8, 4) is 0 Å². The summed E-state index contributed by atoms with van der Waals surface area (Å²) in [6.45, 7) is 3.72. The van der Waals surface area contributed by atoms with E-state index in [0.717, 1.165) is 13.1 Å². The Morgan fingerprint density at radius 1 is 0.562 bits per heavy atom. The van der Waals surface area contributed by atoms with Crippen LogP contribution in [0.3, 0.4) is 0 Å². The molecule has 0 saturated heterocycles. The fraction of sp³-hybridized carbons (Fsp3) is 0.417. The quantitative estimate of drug-likeness (QED) is 0.396. The number of carbonyl (C=O) groups excluding carboxylic acids is 4. The smallest absolute Gasteiger partial charge is 0.253 e. The van der Waals surface area contributed by atoms with Gasteiger partial charge in [-0.3, -0.25) is 29.0 Å². The molecule has 0 aromatic heterocycles. The van der Waals surface area contributed by atoms with Crippen LogP contribution in [0.15, 0.2) is 48.6 Å². The van der Waals surface area contributed by atoms with Crippen LogP contribution in [-0.2, 0) is 32.3 Å². The Morgan fingerprint density at radius 3 is 1.12 bits per heavy atom. The van der Waals surface area contributed by atoms with Crippen molar-refractivity contribution in [3.63, 3.8) is 0 Å². The molecule has 0 N–H and O–H groups in total. The van der Waals surface area contributed by atoms with Crippen molar-refractivity contribution in [1.82, 2.24) is 9.80 Å². The zero-order valence-electron chi connectivity index (χ0n) is 19.3. The molecule has 0 atom stereocenters. The summed E-state index contributed by atoms with van der Waals surface area (Å²) < 4.78 is 1.31. The van der Waals surface area contributed by atoms with Gasteiger partial charge < -0.3 is 8.97 Å². The lowest BCUT2D eigenvalue weighted by molar-refractivity contribution is -0.903. The predicted octanol–water partition coefficient (Wildman–Crippen LogP) is 0.689. The topological polar surface area (TPSA) is 74.8 Å². The monoisotopic (exact) mass is 440 g/mol. The van der Waals surface area contributed by atoms with E-state index in [1.54, 1.807) is 0 Å². The molecular weight excluding hydrogens is 408 g/mol. The maximum absolute atomic E-state index is 11.7. The molecule has 0 radical (unpaired) electrons. The van der Waals surface area contributed by atoms with Crippen molar-refractivity contribution in [2.24, 2.45) is 0 Å². The fourth-order valence-electron chi connectivity index (χ4n) is 3.94. The summed E-state index contributed by atoms with van der Waals surface area (Å²) in [7, 11) is 8.34. The molecule has 170 valence electrons. The van der Waals surface area contributed by atoms with Gasteiger partial charge in [-0.15, -0.1) is 0 Å². The average Bonchev–Trinajstić information content (AvgIpc) is 3.20. The molecule has 8 heteroatoms. The Bertz CT molecular complexity index is 861. The fourth-order valence-corrected chi connectivity index (χ4v) is 3.94. The van der Waals surface area contributed by atoms with E-state index < -0.39 is 0 Å². The Hall–Kier alpha value is -3.10. The van der Waals surface area contributed by atoms with E-state index >= 15 is 0 Å². The van der Waals surface area contributed by atoms with E-state index in [1.807, 2.05) is 0 Å². The van der Waals surface area contributed by atoms with Gasteiger partial charge in [-0.2, -0.15) is 0 Å². The van der Waals surface area contributed by atoms with Crippen LogP contribution in [-0.4, -0.2) is 96.8 Å². The van der Waals surface area contributed by atoms with E-state index in [-0.39, 0.29) is 23.6 Å². The first-order chi connectivity index (χ1) is 15.0. The minimum Gasteiger partial charge on any atom is -0.323 e. The molecule has 4 amide bonds. The molecule has 0 saturated carbocycles. The lowest BCUT2D eigenvalue weighted by Gasteiger charge is -2.32. The van der Waals surface area contributed by atoms with Crippen LogP contribution in [0.2, 0.25) is 0 Å². The summed E-state index contributed by atoms with van der Waals surface area (Å²) in [6, 6.07) is 8.45. The number of nitrogens with zero attached hydrogens (tertiary/aromatic N) is 4. The maximum atomic E-state index is 11.7. The highest BCUT2D eigenvalue weighted by atomic mass is 16.2. The van der Waals surface area contributed by atoms with Gasteiger partial charge in [0.25, 0.3) is 23.6 Å². The Morgan fingerprint density at radius 2 is 0.844 bits per heavy atom. The van der Waals surface area contributed by atoms with Crippen LogP contribution < -0.4 is 0 Å². The minimum absolute atomic E-state index is 0.241. The lowest BCUT2D eigenvalue weighted by atomic mass is 10.1. The number of carbonyl (C=O) groups is 4. The number of amides is 4. The third-order valence-corrected chi connectivity index (χ3v) is 5.90. The predicted molar refractivity (Wildman–Crippen MR) is 120 cm³/mol. The van der Waals surface area contributed by atoms with E-state index in [9.17, 15) is 19.2 Å². The Balaban J connectivity index is 1.50. The zero-order valence-corrected chi connectivity index (χ0v) is 19.3. The van der Waals surface area contributed by atoms with E-state index in [0.29, 0.717) is 35.1 Å². The third-order valence-electron chi connectivity index (χ3n) is 5.90. The van der Waals surface area contributed by atoms with Crippen LogP contribution in [0.25, 0.3) is 0 Å². The molecule has 2 aliphatic rings. The molecule has 0 aliphatic carbocycles. The maximum Gasteiger partial charge on any atom is 0.253 e. The lowest BCUT2D eigenvalue weighted by Crippen LogP contribution is -2.46. The Kier molecular flexibility index (Phi) is 6.76. The molecule has 32 heavy (non-hydrogen) atoms. The van der Waals surface area contributed by atoms with Gasteiger partial charge in [0.05, 0.1) is 54.4 Å². The minimum atomic E-state index is -0.241. The van der Waals surface area contributed by atoms with Gasteiger partial charge in [0, 0.05) is 35.4 Å². The van der Waals surface area contributed by atoms with Gasteiger partial charge in [0.2, 0.25) is 0 Å². The number of quaternary nitrogens is 2. The van der Waals surface area contributed by atoms with Gasteiger partial charge in [0.1, 0.15) is 13.1 Å². The molecule has 0 bridgehead atoms. The third kappa shape index (κ3) is 5.99. The van der Waals surface area contributed by atoms with Gasteiger partial charge in [0.15, 0.2) is 0 Å². The molecule has 0 fully saturated rings. The zero-order chi connectivity index (χ0) is 23.5. The van der Waals surface area contributed by atoms with Crippen molar-refractivity contribution in [3.05, 3.63) is 59.7 Å². The summed E-state index contributed by atoms with van der Waals surface area (Å²) >= 11 is 0. The second-order valence-corrected chi connectivity index (χ2v) is 9.77. The second-order valence-electron chi connectivity index (χ2n) is 9.77. The Labute approximate surface area is 189 Å². The molecule has 3 rings (SSSR count). The highest BCUT2D eigenvalue weighted by Crippen LogP contribution is 2.15. The standard InChI is InChI=1S/C24H32N4O4/c1-27(2,15-13-25-21(29)9-10-22(25)30)17-19-5-7-20(8-6-19)18-28(3,4)16-14-26-23(31)11-12-24(26)32/h5-12H,13-18H2,1-4H3/q+2.